The molecule has 0 radical (unpaired) electrons. The molecular formula is C42H48N2S2. The SMILES string of the molecule is CCCCCCCCn1c2ccc(-c3cccs3)cc2c2cc3c(cc21)c1cc(-c2cccs2)ccc1n3CCCCCCCC. The van der Waals surface area contributed by atoms with E-state index in [4.69, 9.17) is 0 Å². The van der Waals surface area contributed by atoms with Crippen molar-refractivity contribution in [1.82, 2.24) is 9.13 Å². The third-order valence-electron chi connectivity index (χ3n) is 9.93. The Labute approximate surface area is 282 Å². The van der Waals surface area contributed by atoms with Crippen LogP contribution in [0, 0.1) is 0 Å². The Morgan fingerprint density at radius 3 is 1.26 bits per heavy atom. The number of unbranched alkanes of at least 4 members (excludes halogenated alkanes) is 10. The summed E-state index contributed by atoms with van der Waals surface area (Å²) in [5.74, 6) is 0. The van der Waals surface area contributed by atoms with E-state index in [9.17, 15) is 0 Å². The quantitative estimate of drug-likeness (QED) is 0.0926. The minimum Gasteiger partial charge on any atom is -0.340 e. The van der Waals surface area contributed by atoms with Crippen LogP contribution < -0.4 is 0 Å². The lowest BCUT2D eigenvalue weighted by Crippen LogP contribution is -1.99. The standard InChI is InChI=1S/C42H48N2S2/c1-3-5-7-9-11-13-23-43-37-21-19-31(41-17-15-25-45-41)27-33(37)35-30-40-36(29-39(35)43)34-28-32(42-18-16-26-46-42)20-22-38(34)44(40)24-14-12-10-8-6-4-2/h15-22,25-30H,3-14,23-24H2,1-2H3. The van der Waals surface area contributed by atoms with Gasteiger partial charge in [-0.15, -0.1) is 22.7 Å². The molecule has 0 unspecified atom stereocenters. The summed E-state index contributed by atoms with van der Waals surface area (Å²) in [4.78, 5) is 2.69. The summed E-state index contributed by atoms with van der Waals surface area (Å²) in [5.41, 5.74) is 8.19. The Morgan fingerprint density at radius 2 is 0.848 bits per heavy atom. The van der Waals surface area contributed by atoms with E-state index < -0.39 is 0 Å². The van der Waals surface area contributed by atoms with E-state index in [1.165, 1.54) is 142 Å². The van der Waals surface area contributed by atoms with Crippen molar-refractivity contribution in [2.45, 2.75) is 104 Å². The molecule has 0 atom stereocenters. The highest BCUT2D eigenvalue weighted by atomic mass is 32.1. The summed E-state index contributed by atoms with van der Waals surface area (Å²) >= 11 is 3.67. The van der Waals surface area contributed by atoms with Crippen LogP contribution in [-0.2, 0) is 13.1 Å². The second kappa shape index (κ2) is 14.6. The average Bonchev–Trinajstić information content (AvgIpc) is 3.90. The molecule has 4 heteroatoms. The van der Waals surface area contributed by atoms with Gasteiger partial charge >= 0.3 is 0 Å². The first-order chi connectivity index (χ1) is 22.8. The van der Waals surface area contributed by atoms with E-state index in [-0.39, 0.29) is 0 Å². The zero-order chi connectivity index (χ0) is 31.3. The van der Waals surface area contributed by atoms with E-state index in [0.29, 0.717) is 0 Å². The largest absolute Gasteiger partial charge is 0.340 e. The molecule has 0 aliphatic carbocycles. The number of hydrogen-bond acceptors (Lipinski definition) is 2. The molecule has 4 aromatic heterocycles. The molecule has 7 rings (SSSR count). The Morgan fingerprint density at radius 1 is 0.435 bits per heavy atom. The molecule has 0 fully saturated rings. The highest BCUT2D eigenvalue weighted by molar-refractivity contribution is 7.13. The third-order valence-corrected chi connectivity index (χ3v) is 11.8. The molecule has 0 saturated carbocycles. The first kappa shape index (κ1) is 31.3. The molecule has 7 aromatic rings. The molecule has 46 heavy (non-hydrogen) atoms. The molecule has 0 aliphatic heterocycles. The van der Waals surface area contributed by atoms with Crippen LogP contribution in [0.3, 0.4) is 0 Å². The normalized spacial score (nSPS) is 12.0. The van der Waals surface area contributed by atoms with E-state index in [1.54, 1.807) is 0 Å². The van der Waals surface area contributed by atoms with Gasteiger partial charge in [0.15, 0.2) is 0 Å². The molecule has 0 aliphatic rings. The molecule has 2 nitrogen and oxygen atoms in total. The van der Waals surface area contributed by atoms with E-state index in [1.807, 2.05) is 22.7 Å². The number of nitrogens with zero attached hydrogens (tertiary/aromatic N) is 2. The smallest absolute Gasteiger partial charge is 0.0499 e. The average molecular weight is 645 g/mol. The lowest BCUT2D eigenvalue weighted by Gasteiger charge is -2.09. The number of benzene rings is 3. The van der Waals surface area contributed by atoms with Gasteiger partial charge in [-0.2, -0.15) is 0 Å². The summed E-state index contributed by atoms with van der Waals surface area (Å²) in [7, 11) is 0. The predicted octanol–water partition coefficient (Wildman–Crippen LogP) is 14.1. The molecular weight excluding hydrogens is 597 g/mol. The molecule has 0 spiro atoms. The summed E-state index contributed by atoms with van der Waals surface area (Å²) < 4.78 is 5.28. The van der Waals surface area contributed by atoms with Gasteiger partial charge in [0.2, 0.25) is 0 Å². The fourth-order valence-electron chi connectivity index (χ4n) is 7.46. The van der Waals surface area contributed by atoms with Crippen molar-refractivity contribution in [2.75, 3.05) is 0 Å². The van der Waals surface area contributed by atoms with Crippen LogP contribution in [0.1, 0.15) is 90.9 Å². The van der Waals surface area contributed by atoms with Gasteiger partial charge < -0.3 is 9.13 Å². The fourth-order valence-corrected chi connectivity index (χ4v) is 8.91. The number of hydrogen-bond donors (Lipinski definition) is 0. The van der Waals surface area contributed by atoms with Crippen LogP contribution in [0.4, 0.5) is 0 Å². The molecule has 238 valence electrons. The van der Waals surface area contributed by atoms with Gasteiger partial charge in [0, 0.05) is 66.5 Å². The van der Waals surface area contributed by atoms with Gasteiger partial charge in [0.1, 0.15) is 0 Å². The van der Waals surface area contributed by atoms with Crippen LogP contribution in [0.15, 0.2) is 83.6 Å². The zero-order valence-corrected chi connectivity index (χ0v) is 29.3. The van der Waals surface area contributed by atoms with Gasteiger partial charge in [0.25, 0.3) is 0 Å². The van der Waals surface area contributed by atoms with Crippen molar-refractivity contribution in [3.8, 4) is 20.9 Å². The summed E-state index contributed by atoms with van der Waals surface area (Å²) in [6, 6.07) is 28.3. The van der Waals surface area contributed by atoms with Gasteiger partial charge in [-0.3, -0.25) is 0 Å². The second-order valence-corrected chi connectivity index (χ2v) is 15.0. The Bertz CT molecular complexity index is 1870. The lowest BCUT2D eigenvalue weighted by molar-refractivity contribution is 0.570. The van der Waals surface area contributed by atoms with Crippen LogP contribution >= 0.6 is 22.7 Å². The van der Waals surface area contributed by atoms with Crippen molar-refractivity contribution in [1.29, 1.82) is 0 Å². The maximum Gasteiger partial charge on any atom is 0.0499 e. The summed E-state index contributed by atoms with van der Waals surface area (Å²) in [5, 5.41) is 9.97. The molecule has 3 aromatic carbocycles. The van der Waals surface area contributed by atoms with Crippen molar-refractivity contribution in [2.24, 2.45) is 0 Å². The van der Waals surface area contributed by atoms with Gasteiger partial charge in [-0.1, -0.05) is 102 Å². The lowest BCUT2D eigenvalue weighted by atomic mass is 10.1. The number of rotatable bonds is 16. The van der Waals surface area contributed by atoms with Gasteiger partial charge in [-0.25, -0.2) is 0 Å². The molecule has 0 amide bonds. The first-order valence-corrected chi connectivity index (χ1v) is 19.6. The topological polar surface area (TPSA) is 9.86 Å². The maximum absolute atomic E-state index is 2.64. The Kier molecular flexibility index (Phi) is 9.93. The number of thiophene rings is 2. The second-order valence-electron chi connectivity index (χ2n) is 13.1. The van der Waals surface area contributed by atoms with Crippen molar-refractivity contribution in [3.05, 3.63) is 83.6 Å². The monoisotopic (exact) mass is 644 g/mol. The third kappa shape index (κ3) is 6.31. The zero-order valence-electron chi connectivity index (χ0n) is 27.7. The van der Waals surface area contributed by atoms with Crippen molar-refractivity contribution in [3.63, 3.8) is 0 Å². The molecule has 0 N–H and O–H groups in total. The van der Waals surface area contributed by atoms with Gasteiger partial charge in [0.05, 0.1) is 0 Å². The molecule has 4 heterocycles. The summed E-state index contributed by atoms with van der Waals surface area (Å²) in [6.45, 7) is 6.76. The van der Waals surface area contributed by atoms with Crippen LogP contribution in [-0.4, -0.2) is 9.13 Å². The maximum atomic E-state index is 2.64. The van der Waals surface area contributed by atoms with Gasteiger partial charge in [-0.05, 0) is 83.3 Å². The number of aromatic nitrogens is 2. The van der Waals surface area contributed by atoms with Crippen LogP contribution in [0.25, 0.3) is 64.5 Å². The first-order valence-electron chi connectivity index (χ1n) is 17.9. The van der Waals surface area contributed by atoms with Crippen LogP contribution in [0.5, 0.6) is 0 Å². The predicted molar refractivity (Wildman–Crippen MR) is 206 cm³/mol. The fraction of sp³-hybridized carbons (Fsp3) is 0.381. The van der Waals surface area contributed by atoms with Crippen molar-refractivity contribution < 1.29 is 0 Å². The van der Waals surface area contributed by atoms with Crippen molar-refractivity contribution >= 4 is 66.3 Å². The van der Waals surface area contributed by atoms with E-state index >= 15 is 0 Å². The van der Waals surface area contributed by atoms with Crippen LogP contribution in [0.2, 0.25) is 0 Å². The van der Waals surface area contributed by atoms with E-state index in [0.717, 1.165) is 13.1 Å². The Balaban J connectivity index is 1.37. The number of fused-ring (bicyclic) bond motifs is 6. The minimum absolute atomic E-state index is 1.08. The molecule has 0 bridgehead atoms. The number of aryl methyl sites for hydroxylation is 2. The summed E-state index contributed by atoms with van der Waals surface area (Å²) in [6.07, 6.45) is 15.8. The highest BCUT2D eigenvalue weighted by Crippen LogP contribution is 2.40. The highest BCUT2D eigenvalue weighted by Gasteiger charge is 2.18. The minimum atomic E-state index is 1.08. The Hall–Kier alpha value is -3.34. The molecule has 0 saturated heterocycles. The van der Waals surface area contributed by atoms with E-state index in [2.05, 4.69) is 107 Å².